The monoisotopic (exact) mass is 365 g/mol. The van der Waals surface area contributed by atoms with Gasteiger partial charge in [-0.2, -0.15) is 0 Å². The maximum Gasteiger partial charge on any atom is 0.234 e. The molecule has 1 saturated heterocycles. The van der Waals surface area contributed by atoms with Crippen molar-refractivity contribution >= 4 is 11.6 Å². The van der Waals surface area contributed by atoms with Gasteiger partial charge >= 0.3 is 0 Å². The summed E-state index contributed by atoms with van der Waals surface area (Å²) in [6.07, 6.45) is 1.97. The van der Waals surface area contributed by atoms with Crippen molar-refractivity contribution in [3.05, 3.63) is 65.7 Å². The fourth-order valence-electron chi connectivity index (χ4n) is 3.69. The summed E-state index contributed by atoms with van der Waals surface area (Å²) in [7, 11) is 0. The molecule has 0 saturated carbocycles. The highest BCUT2D eigenvalue weighted by molar-refractivity contribution is 5.78. The third kappa shape index (κ3) is 5.83. The van der Waals surface area contributed by atoms with Crippen LogP contribution in [0.2, 0.25) is 0 Å². The lowest BCUT2D eigenvalue weighted by molar-refractivity contribution is -0.122. The number of anilines is 1. The van der Waals surface area contributed by atoms with Crippen molar-refractivity contribution in [3.8, 4) is 0 Å². The Hall–Kier alpha value is -2.33. The van der Waals surface area contributed by atoms with Crippen molar-refractivity contribution in [2.45, 2.75) is 32.7 Å². The second-order valence-electron chi connectivity index (χ2n) is 7.54. The molecule has 1 aliphatic rings. The van der Waals surface area contributed by atoms with Crippen LogP contribution >= 0.6 is 0 Å². The molecule has 4 nitrogen and oxygen atoms in total. The molecule has 0 aliphatic carbocycles. The quantitative estimate of drug-likeness (QED) is 0.818. The van der Waals surface area contributed by atoms with Gasteiger partial charge in [0.05, 0.1) is 6.54 Å². The van der Waals surface area contributed by atoms with Crippen molar-refractivity contribution in [3.63, 3.8) is 0 Å². The van der Waals surface area contributed by atoms with Crippen LogP contribution in [0.25, 0.3) is 0 Å². The van der Waals surface area contributed by atoms with E-state index in [2.05, 4.69) is 77.5 Å². The minimum absolute atomic E-state index is 0.139. The molecule has 144 valence electrons. The first-order chi connectivity index (χ1) is 13.1. The average molecular weight is 366 g/mol. The van der Waals surface area contributed by atoms with Crippen LogP contribution in [0, 0.1) is 6.92 Å². The van der Waals surface area contributed by atoms with Gasteiger partial charge in [0.25, 0.3) is 0 Å². The first-order valence-corrected chi connectivity index (χ1v) is 9.98. The molecule has 4 heteroatoms. The number of nitrogens with zero attached hydrogens (tertiary/aromatic N) is 2. The SMILES string of the molecule is Cc1ccccc1N1CCN(CC(=O)N[C@H](C)CCc2ccccc2)CC1. The molecule has 0 bridgehead atoms. The number of benzene rings is 2. The molecule has 0 unspecified atom stereocenters. The summed E-state index contributed by atoms with van der Waals surface area (Å²) in [6, 6.07) is 19.2. The molecule has 0 spiro atoms. The zero-order chi connectivity index (χ0) is 19.1. The van der Waals surface area contributed by atoms with Gasteiger partial charge < -0.3 is 10.2 Å². The molecule has 2 aromatic carbocycles. The van der Waals surface area contributed by atoms with Crippen molar-refractivity contribution < 1.29 is 4.79 Å². The number of para-hydroxylation sites is 1. The summed E-state index contributed by atoms with van der Waals surface area (Å²) in [5, 5.41) is 3.16. The van der Waals surface area contributed by atoms with Crippen LogP contribution < -0.4 is 10.2 Å². The Kier molecular flexibility index (Phi) is 6.88. The highest BCUT2D eigenvalue weighted by Crippen LogP contribution is 2.20. The van der Waals surface area contributed by atoms with E-state index in [9.17, 15) is 4.79 Å². The fourth-order valence-corrected chi connectivity index (χ4v) is 3.69. The third-order valence-electron chi connectivity index (χ3n) is 5.31. The Morgan fingerprint density at radius 1 is 1.00 bits per heavy atom. The predicted octanol–water partition coefficient (Wildman–Crippen LogP) is 3.25. The second kappa shape index (κ2) is 9.56. The summed E-state index contributed by atoms with van der Waals surface area (Å²) in [4.78, 5) is 17.1. The lowest BCUT2D eigenvalue weighted by Crippen LogP contribution is -2.50. The predicted molar refractivity (Wildman–Crippen MR) is 112 cm³/mol. The number of carbonyl (C=O) groups excluding carboxylic acids is 1. The van der Waals surface area contributed by atoms with Crippen molar-refractivity contribution in [2.75, 3.05) is 37.6 Å². The molecule has 1 aliphatic heterocycles. The van der Waals surface area contributed by atoms with E-state index in [1.165, 1.54) is 16.8 Å². The molecule has 1 N–H and O–H groups in total. The molecule has 0 aromatic heterocycles. The Labute approximate surface area is 163 Å². The molecular formula is C23H31N3O. The Morgan fingerprint density at radius 3 is 2.37 bits per heavy atom. The summed E-state index contributed by atoms with van der Waals surface area (Å²) < 4.78 is 0. The number of hydrogen-bond donors (Lipinski definition) is 1. The standard InChI is InChI=1S/C23H31N3O/c1-19-8-6-7-11-22(19)26-16-14-25(15-17-26)18-23(27)24-20(2)12-13-21-9-4-3-5-10-21/h3-11,20H,12-18H2,1-2H3,(H,24,27)/t20-/m1/s1. The summed E-state index contributed by atoms with van der Waals surface area (Å²) in [6.45, 7) is 8.56. The molecule has 1 amide bonds. The van der Waals surface area contributed by atoms with Gasteiger partial charge in [-0.15, -0.1) is 0 Å². The molecule has 27 heavy (non-hydrogen) atoms. The third-order valence-corrected chi connectivity index (χ3v) is 5.31. The molecule has 3 rings (SSSR count). The molecule has 1 atom stereocenters. The zero-order valence-electron chi connectivity index (χ0n) is 16.5. The van der Waals surface area contributed by atoms with Crippen LogP contribution in [-0.2, 0) is 11.2 Å². The fraction of sp³-hybridized carbons (Fsp3) is 0.435. The highest BCUT2D eigenvalue weighted by atomic mass is 16.2. The normalized spacial score (nSPS) is 16.1. The largest absolute Gasteiger partial charge is 0.369 e. The molecule has 0 radical (unpaired) electrons. The lowest BCUT2D eigenvalue weighted by atomic mass is 10.1. The first-order valence-electron chi connectivity index (χ1n) is 9.98. The van der Waals surface area contributed by atoms with Crippen LogP contribution in [0.4, 0.5) is 5.69 Å². The van der Waals surface area contributed by atoms with E-state index in [0.29, 0.717) is 6.54 Å². The van der Waals surface area contributed by atoms with E-state index in [4.69, 9.17) is 0 Å². The number of hydrogen-bond acceptors (Lipinski definition) is 3. The maximum absolute atomic E-state index is 12.4. The molecule has 1 fully saturated rings. The molecule has 1 heterocycles. The number of rotatable bonds is 7. The zero-order valence-corrected chi connectivity index (χ0v) is 16.5. The summed E-state index contributed by atoms with van der Waals surface area (Å²) in [5.74, 6) is 0.139. The van der Waals surface area contributed by atoms with Gasteiger partial charge in [0, 0.05) is 37.9 Å². The summed E-state index contributed by atoms with van der Waals surface area (Å²) >= 11 is 0. The molecular weight excluding hydrogens is 334 g/mol. The van der Waals surface area contributed by atoms with Crippen LogP contribution in [0.1, 0.15) is 24.5 Å². The van der Waals surface area contributed by atoms with E-state index in [1.807, 2.05) is 6.07 Å². The van der Waals surface area contributed by atoms with E-state index in [-0.39, 0.29) is 11.9 Å². The maximum atomic E-state index is 12.4. The van der Waals surface area contributed by atoms with Crippen LogP contribution in [0.3, 0.4) is 0 Å². The van der Waals surface area contributed by atoms with E-state index in [1.54, 1.807) is 0 Å². The van der Waals surface area contributed by atoms with Gasteiger partial charge in [-0.05, 0) is 43.9 Å². The van der Waals surface area contributed by atoms with Gasteiger partial charge in [-0.25, -0.2) is 0 Å². The minimum atomic E-state index is 0.139. The van der Waals surface area contributed by atoms with Crippen molar-refractivity contribution in [1.29, 1.82) is 0 Å². The van der Waals surface area contributed by atoms with Crippen molar-refractivity contribution in [1.82, 2.24) is 10.2 Å². The lowest BCUT2D eigenvalue weighted by Gasteiger charge is -2.36. The average Bonchev–Trinajstić information content (AvgIpc) is 2.68. The molecule has 2 aromatic rings. The van der Waals surface area contributed by atoms with E-state index in [0.717, 1.165) is 39.0 Å². The number of piperazine rings is 1. The minimum Gasteiger partial charge on any atom is -0.369 e. The van der Waals surface area contributed by atoms with Gasteiger partial charge in [0.2, 0.25) is 5.91 Å². The Morgan fingerprint density at radius 2 is 1.67 bits per heavy atom. The van der Waals surface area contributed by atoms with Crippen LogP contribution in [-0.4, -0.2) is 49.6 Å². The van der Waals surface area contributed by atoms with E-state index < -0.39 is 0 Å². The van der Waals surface area contributed by atoms with Gasteiger partial charge in [0.15, 0.2) is 0 Å². The van der Waals surface area contributed by atoms with Gasteiger partial charge in [-0.3, -0.25) is 9.69 Å². The summed E-state index contributed by atoms with van der Waals surface area (Å²) in [5.41, 5.74) is 3.96. The number of aryl methyl sites for hydroxylation is 2. The smallest absolute Gasteiger partial charge is 0.234 e. The van der Waals surface area contributed by atoms with E-state index >= 15 is 0 Å². The Balaban J connectivity index is 1.38. The highest BCUT2D eigenvalue weighted by Gasteiger charge is 2.20. The topological polar surface area (TPSA) is 35.6 Å². The number of nitrogens with one attached hydrogen (secondary N) is 1. The van der Waals surface area contributed by atoms with Crippen LogP contribution in [0.5, 0.6) is 0 Å². The number of carbonyl (C=O) groups is 1. The second-order valence-corrected chi connectivity index (χ2v) is 7.54. The number of amides is 1. The van der Waals surface area contributed by atoms with Crippen molar-refractivity contribution in [2.24, 2.45) is 0 Å². The van der Waals surface area contributed by atoms with Gasteiger partial charge in [-0.1, -0.05) is 48.5 Å². The van der Waals surface area contributed by atoms with Crippen LogP contribution in [0.15, 0.2) is 54.6 Å². The Bertz CT molecular complexity index is 723. The van der Waals surface area contributed by atoms with Gasteiger partial charge in [0.1, 0.15) is 0 Å². The first kappa shape index (κ1) is 19.4.